The molecule has 11 heteroatoms. The van der Waals surface area contributed by atoms with Crippen molar-refractivity contribution in [1.82, 2.24) is 15.0 Å². The fourth-order valence-electron chi connectivity index (χ4n) is 3.31. The van der Waals surface area contributed by atoms with E-state index in [2.05, 4.69) is 20.3 Å². The van der Waals surface area contributed by atoms with Gasteiger partial charge in [0.05, 0.1) is 11.6 Å². The highest BCUT2D eigenvalue weighted by Gasteiger charge is 2.30. The van der Waals surface area contributed by atoms with E-state index in [1.807, 2.05) is 0 Å². The van der Waals surface area contributed by atoms with E-state index in [0.29, 0.717) is 30.4 Å². The number of ketones is 1. The second-order valence-electron chi connectivity index (χ2n) is 7.33. The summed E-state index contributed by atoms with van der Waals surface area (Å²) in [5.74, 6) is -0.560. The summed E-state index contributed by atoms with van der Waals surface area (Å²) in [6.07, 6.45) is -1.94. The number of carbonyl (C=O) groups is 2. The molecule has 1 atom stereocenters. The fraction of sp³-hybridized carbons (Fsp3) is 0.227. The van der Waals surface area contributed by atoms with Crippen LogP contribution >= 0.6 is 0 Å². The summed E-state index contributed by atoms with van der Waals surface area (Å²) in [4.78, 5) is 35.4. The Hall–Kier alpha value is -4.02. The van der Waals surface area contributed by atoms with Gasteiger partial charge in [0.25, 0.3) is 0 Å². The molecule has 1 saturated carbocycles. The summed E-state index contributed by atoms with van der Waals surface area (Å²) in [5, 5.41) is 12.4. The Morgan fingerprint density at radius 2 is 1.88 bits per heavy atom. The van der Waals surface area contributed by atoms with Gasteiger partial charge in [-0.3, -0.25) is 4.79 Å². The first-order valence-corrected chi connectivity index (χ1v) is 9.92. The molecule has 0 unspecified atom stereocenters. The molecule has 1 aromatic carbocycles. The van der Waals surface area contributed by atoms with Crippen LogP contribution in [0.5, 0.6) is 11.6 Å². The van der Waals surface area contributed by atoms with Crippen LogP contribution in [0.3, 0.4) is 0 Å². The third kappa shape index (κ3) is 5.25. The van der Waals surface area contributed by atoms with E-state index < -0.39 is 23.8 Å². The number of halogens is 3. The van der Waals surface area contributed by atoms with E-state index in [4.69, 9.17) is 4.74 Å². The fourth-order valence-corrected chi connectivity index (χ4v) is 3.31. The topological polar surface area (TPSA) is 114 Å². The first-order chi connectivity index (χ1) is 15.7. The van der Waals surface area contributed by atoms with E-state index in [-0.39, 0.29) is 29.0 Å². The molecule has 1 aliphatic carbocycles. The number of nitrogens with one attached hydrogen (secondary N) is 1. The van der Waals surface area contributed by atoms with E-state index in [0.717, 1.165) is 18.6 Å². The van der Waals surface area contributed by atoms with Crippen LogP contribution in [0.1, 0.15) is 35.3 Å². The number of aromatic carboxylic acids is 1. The highest BCUT2D eigenvalue weighted by atomic mass is 19.4. The van der Waals surface area contributed by atoms with Crippen molar-refractivity contribution in [1.29, 1.82) is 0 Å². The molecule has 2 aromatic heterocycles. The van der Waals surface area contributed by atoms with Crippen LogP contribution in [0.2, 0.25) is 0 Å². The predicted molar refractivity (Wildman–Crippen MR) is 110 cm³/mol. The van der Waals surface area contributed by atoms with Crippen LogP contribution < -0.4 is 10.1 Å². The molecule has 2 heterocycles. The summed E-state index contributed by atoms with van der Waals surface area (Å²) < 4.78 is 43.4. The van der Waals surface area contributed by atoms with Gasteiger partial charge in [-0.1, -0.05) is 0 Å². The normalized spacial score (nSPS) is 16.0. The van der Waals surface area contributed by atoms with Crippen molar-refractivity contribution in [3.8, 4) is 23.0 Å². The van der Waals surface area contributed by atoms with E-state index in [9.17, 15) is 27.9 Å². The zero-order valence-electron chi connectivity index (χ0n) is 17.0. The standard InChI is InChI=1S/C22H17F3N4O4/c23-22(24,25)13-6-9-19(26-11-13)33-14-7-4-12(5-8-14)20-28-16(21(31)32)10-18(29-20)27-15-2-1-3-17(15)30/h4-11,15H,1-3H2,(H,31,32)(H,27,28,29)/t15-/m0/s1. The number of pyridine rings is 1. The number of benzene rings is 1. The third-order valence-corrected chi connectivity index (χ3v) is 4.97. The molecule has 0 bridgehead atoms. The molecule has 3 aromatic rings. The molecule has 33 heavy (non-hydrogen) atoms. The Balaban J connectivity index is 1.54. The maximum atomic E-state index is 12.6. The van der Waals surface area contributed by atoms with Crippen molar-refractivity contribution in [3.63, 3.8) is 0 Å². The molecule has 0 saturated heterocycles. The van der Waals surface area contributed by atoms with Gasteiger partial charge in [-0.05, 0) is 43.2 Å². The van der Waals surface area contributed by atoms with Crippen molar-refractivity contribution in [2.24, 2.45) is 0 Å². The first-order valence-electron chi connectivity index (χ1n) is 9.92. The minimum atomic E-state index is -4.49. The Morgan fingerprint density at radius 1 is 1.12 bits per heavy atom. The number of hydrogen-bond acceptors (Lipinski definition) is 7. The number of hydrogen-bond donors (Lipinski definition) is 2. The van der Waals surface area contributed by atoms with Crippen molar-refractivity contribution in [2.75, 3.05) is 5.32 Å². The lowest BCUT2D eigenvalue weighted by Gasteiger charge is -2.13. The van der Waals surface area contributed by atoms with Gasteiger partial charge in [-0.15, -0.1) is 0 Å². The lowest BCUT2D eigenvalue weighted by Crippen LogP contribution is -2.24. The highest BCUT2D eigenvalue weighted by molar-refractivity contribution is 5.89. The molecule has 0 aliphatic heterocycles. The maximum Gasteiger partial charge on any atom is 0.417 e. The summed E-state index contributed by atoms with van der Waals surface area (Å²) in [6.45, 7) is 0. The Kier molecular flexibility index (Phi) is 5.95. The van der Waals surface area contributed by atoms with Gasteiger partial charge in [0, 0.05) is 30.3 Å². The van der Waals surface area contributed by atoms with E-state index in [1.54, 1.807) is 12.1 Å². The van der Waals surface area contributed by atoms with Crippen LogP contribution in [0.4, 0.5) is 19.0 Å². The number of anilines is 1. The number of carboxylic acid groups (broad SMARTS) is 1. The van der Waals surface area contributed by atoms with Gasteiger partial charge in [0.15, 0.2) is 17.3 Å². The number of Topliss-reactive ketones (excluding diaryl/α,β-unsaturated/α-hetero) is 1. The summed E-state index contributed by atoms with van der Waals surface area (Å²) in [7, 11) is 0. The molecule has 1 fully saturated rings. The number of aromatic nitrogens is 3. The average molecular weight is 458 g/mol. The predicted octanol–water partition coefficient (Wildman–Crippen LogP) is 4.58. The van der Waals surface area contributed by atoms with Gasteiger partial charge >= 0.3 is 12.1 Å². The van der Waals surface area contributed by atoms with Gasteiger partial charge < -0.3 is 15.2 Å². The summed E-state index contributed by atoms with van der Waals surface area (Å²) in [5.41, 5.74) is -0.641. The molecular weight excluding hydrogens is 441 g/mol. The Morgan fingerprint density at radius 3 is 2.45 bits per heavy atom. The van der Waals surface area contributed by atoms with Crippen molar-refractivity contribution < 1.29 is 32.6 Å². The van der Waals surface area contributed by atoms with Crippen LogP contribution in [-0.4, -0.2) is 37.9 Å². The Labute approximate surface area is 185 Å². The minimum Gasteiger partial charge on any atom is -0.477 e. The quantitative estimate of drug-likeness (QED) is 0.552. The second kappa shape index (κ2) is 8.85. The number of carbonyl (C=O) groups excluding carboxylic acids is 1. The maximum absolute atomic E-state index is 12.6. The van der Waals surface area contributed by atoms with Crippen LogP contribution in [0.15, 0.2) is 48.7 Å². The SMILES string of the molecule is O=C(O)c1cc(N[C@H]2CCCC2=O)nc(-c2ccc(Oc3ccc(C(F)(F)F)cn3)cc2)n1. The number of carboxylic acids is 1. The van der Waals surface area contributed by atoms with Gasteiger partial charge in [0.1, 0.15) is 11.6 Å². The molecule has 1 aliphatic rings. The van der Waals surface area contributed by atoms with Gasteiger partial charge in [-0.25, -0.2) is 19.7 Å². The number of nitrogens with zero attached hydrogens (tertiary/aromatic N) is 3. The zero-order valence-corrected chi connectivity index (χ0v) is 17.0. The monoisotopic (exact) mass is 458 g/mol. The first kappa shape index (κ1) is 22.2. The minimum absolute atomic E-state index is 0.0207. The molecule has 8 nitrogen and oxygen atoms in total. The smallest absolute Gasteiger partial charge is 0.417 e. The van der Waals surface area contributed by atoms with Crippen LogP contribution in [0, 0.1) is 0 Å². The molecular formula is C22H17F3N4O4. The molecule has 170 valence electrons. The second-order valence-corrected chi connectivity index (χ2v) is 7.33. The molecule has 0 amide bonds. The molecule has 2 N–H and O–H groups in total. The lowest BCUT2D eigenvalue weighted by atomic mass is 10.2. The number of rotatable bonds is 6. The lowest BCUT2D eigenvalue weighted by molar-refractivity contribution is -0.137. The average Bonchev–Trinajstić information content (AvgIpc) is 3.18. The van der Waals surface area contributed by atoms with Crippen molar-refractivity contribution in [3.05, 3.63) is 59.9 Å². The summed E-state index contributed by atoms with van der Waals surface area (Å²) >= 11 is 0. The Bertz CT molecular complexity index is 1180. The van der Waals surface area contributed by atoms with Crippen LogP contribution in [-0.2, 0) is 11.0 Å². The van der Waals surface area contributed by atoms with E-state index in [1.165, 1.54) is 18.2 Å². The van der Waals surface area contributed by atoms with Gasteiger partial charge in [0.2, 0.25) is 5.88 Å². The summed E-state index contributed by atoms with van der Waals surface area (Å²) in [6, 6.07) is 9.03. The third-order valence-electron chi connectivity index (χ3n) is 4.97. The van der Waals surface area contributed by atoms with Crippen molar-refractivity contribution in [2.45, 2.75) is 31.5 Å². The van der Waals surface area contributed by atoms with Crippen LogP contribution in [0.25, 0.3) is 11.4 Å². The van der Waals surface area contributed by atoms with Gasteiger partial charge in [-0.2, -0.15) is 13.2 Å². The molecule has 4 rings (SSSR count). The highest BCUT2D eigenvalue weighted by Crippen LogP contribution is 2.30. The number of ether oxygens (including phenoxy) is 1. The van der Waals surface area contributed by atoms with E-state index >= 15 is 0 Å². The zero-order chi connectivity index (χ0) is 23.6. The molecule has 0 spiro atoms. The molecule has 0 radical (unpaired) electrons. The van der Waals surface area contributed by atoms with Crippen molar-refractivity contribution >= 4 is 17.6 Å². The number of alkyl halides is 3. The largest absolute Gasteiger partial charge is 0.477 e.